The number of aromatic nitrogens is 1. The zero-order valence-corrected chi connectivity index (χ0v) is 21.8. The smallest absolute Gasteiger partial charge is 0.267 e. The van der Waals surface area contributed by atoms with E-state index in [4.69, 9.17) is 28.3 Å². The van der Waals surface area contributed by atoms with Gasteiger partial charge in [0.1, 0.15) is 0 Å². The van der Waals surface area contributed by atoms with Crippen LogP contribution < -0.4 is 0 Å². The second-order valence-electron chi connectivity index (χ2n) is 9.91. The van der Waals surface area contributed by atoms with Crippen LogP contribution in [0.5, 0.6) is 0 Å². The molecule has 0 N–H and O–H groups in total. The summed E-state index contributed by atoms with van der Waals surface area (Å²) < 4.78 is 0. The number of halogens is 2. The van der Waals surface area contributed by atoms with Gasteiger partial charge in [0.05, 0.1) is 17.3 Å². The maximum absolute atomic E-state index is 14.0. The number of hydrogen-bond acceptors (Lipinski definition) is 3. The van der Waals surface area contributed by atoms with Crippen molar-refractivity contribution in [3.05, 3.63) is 117 Å². The van der Waals surface area contributed by atoms with E-state index in [1.165, 1.54) is 5.57 Å². The third-order valence-corrected chi connectivity index (χ3v) is 7.75. The fourth-order valence-corrected chi connectivity index (χ4v) is 5.80. The van der Waals surface area contributed by atoms with Crippen molar-refractivity contribution in [2.75, 3.05) is 0 Å². The van der Waals surface area contributed by atoms with Crippen molar-refractivity contribution in [2.45, 2.75) is 25.8 Å². The van der Waals surface area contributed by atoms with Gasteiger partial charge in [0.15, 0.2) is 0 Å². The first-order chi connectivity index (χ1) is 18.0. The van der Waals surface area contributed by atoms with Gasteiger partial charge in [-0.3, -0.25) is 9.78 Å². The Balaban J connectivity index is 1.45. The number of carbonyl (C=O) groups excluding carboxylic acids is 1. The van der Waals surface area contributed by atoms with Crippen LogP contribution in [0.1, 0.15) is 47.3 Å². The van der Waals surface area contributed by atoms with Crippen LogP contribution in [-0.4, -0.2) is 21.6 Å². The Morgan fingerprint density at radius 2 is 1.70 bits per heavy atom. The molecule has 2 heterocycles. The van der Waals surface area contributed by atoms with Crippen molar-refractivity contribution < 1.29 is 4.79 Å². The molecule has 0 radical (unpaired) electrons. The summed E-state index contributed by atoms with van der Waals surface area (Å²) in [5.74, 6) is 0.430. The van der Waals surface area contributed by atoms with Gasteiger partial charge in [-0.25, -0.2) is 5.01 Å². The highest BCUT2D eigenvalue weighted by molar-refractivity contribution is 6.30. The number of hydrazone groups is 1. The molecule has 4 nitrogen and oxygen atoms in total. The quantitative estimate of drug-likeness (QED) is 0.270. The summed E-state index contributed by atoms with van der Waals surface area (Å²) in [5.41, 5.74) is 5.72. The summed E-state index contributed by atoms with van der Waals surface area (Å²) >= 11 is 12.3. The van der Waals surface area contributed by atoms with E-state index in [9.17, 15) is 4.79 Å². The SMILES string of the molecule is C[C@@H]1C/C(=C\c2ccc(Cl)cc2)C2=NN(C(=O)c3ccc4ncccc4c3)[C@H](c3ccc(Cl)cc3)[C@H]2C1. The van der Waals surface area contributed by atoms with E-state index >= 15 is 0 Å². The summed E-state index contributed by atoms with van der Waals surface area (Å²) in [6.45, 7) is 2.27. The van der Waals surface area contributed by atoms with Crippen LogP contribution in [0.15, 0.2) is 95.7 Å². The average Bonchev–Trinajstić information content (AvgIpc) is 3.29. The standard InChI is InChI=1S/C31H25Cl2N3O/c1-19-15-24(17-20-4-9-25(32)10-5-20)29-27(16-19)30(21-6-11-26(33)12-7-21)36(35-29)31(37)23-8-13-28-22(18-23)3-2-14-34-28/h2-14,17-19,27,30H,15-16H2,1H3/b24-17+/t19-,27+,30-/m1/s1. The molecule has 4 aromatic rings. The minimum absolute atomic E-state index is 0.0922. The van der Waals surface area contributed by atoms with Crippen LogP contribution in [0.3, 0.4) is 0 Å². The van der Waals surface area contributed by atoms with Gasteiger partial charge in [-0.1, -0.05) is 60.5 Å². The molecule has 1 saturated carbocycles. The molecule has 1 aliphatic heterocycles. The van der Waals surface area contributed by atoms with Gasteiger partial charge in [0, 0.05) is 33.1 Å². The Hall–Kier alpha value is -3.47. The molecule has 6 rings (SSSR count). The van der Waals surface area contributed by atoms with Crippen LogP contribution in [0.4, 0.5) is 0 Å². The lowest BCUT2D eigenvalue weighted by molar-refractivity contribution is 0.0676. The molecule has 3 atom stereocenters. The number of rotatable bonds is 3. The summed E-state index contributed by atoms with van der Waals surface area (Å²) in [5, 5.41) is 9.03. The predicted molar refractivity (Wildman–Crippen MR) is 151 cm³/mol. The molecule has 184 valence electrons. The van der Waals surface area contributed by atoms with Gasteiger partial charge in [0.2, 0.25) is 0 Å². The number of nitrogens with zero attached hydrogens (tertiary/aromatic N) is 3. The summed E-state index contributed by atoms with van der Waals surface area (Å²) in [4.78, 5) is 18.4. The van der Waals surface area contributed by atoms with Crippen molar-refractivity contribution in [1.82, 2.24) is 9.99 Å². The zero-order chi connectivity index (χ0) is 25.5. The maximum Gasteiger partial charge on any atom is 0.274 e. The van der Waals surface area contributed by atoms with E-state index in [-0.39, 0.29) is 17.9 Å². The summed E-state index contributed by atoms with van der Waals surface area (Å²) in [7, 11) is 0. The van der Waals surface area contributed by atoms with E-state index in [0.717, 1.165) is 40.6 Å². The average molecular weight is 526 g/mol. The lowest BCUT2D eigenvalue weighted by Crippen LogP contribution is -2.33. The molecule has 1 aliphatic carbocycles. The van der Waals surface area contributed by atoms with E-state index < -0.39 is 0 Å². The summed E-state index contributed by atoms with van der Waals surface area (Å²) in [6.07, 6.45) is 5.81. The molecule has 37 heavy (non-hydrogen) atoms. The zero-order valence-electron chi connectivity index (χ0n) is 20.3. The van der Waals surface area contributed by atoms with Crippen molar-refractivity contribution >= 4 is 51.8 Å². The molecule has 1 aromatic heterocycles. The first-order valence-electron chi connectivity index (χ1n) is 12.4. The van der Waals surface area contributed by atoms with E-state index in [1.807, 2.05) is 78.9 Å². The normalized spacial score (nSPS) is 22.2. The maximum atomic E-state index is 14.0. The second kappa shape index (κ2) is 9.77. The first kappa shape index (κ1) is 23.9. The lowest BCUT2D eigenvalue weighted by atomic mass is 9.73. The molecule has 0 unspecified atom stereocenters. The molecular formula is C31H25Cl2N3O. The monoisotopic (exact) mass is 525 g/mol. The molecule has 1 fully saturated rings. The van der Waals surface area contributed by atoms with Crippen molar-refractivity contribution in [3.8, 4) is 0 Å². The van der Waals surface area contributed by atoms with Gasteiger partial charge in [-0.05, 0) is 90.1 Å². The first-order valence-corrected chi connectivity index (χ1v) is 13.2. The molecule has 0 saturated heterocycles. The van der Waals surface area contributed by atoms with E-state index in [1.54, 1.807) is 11.2 Å². The molecule has 2 aliphatic rings. The van der Waals surface area contributed by atoms with E-state index in [2.05, 4.69) is 18.0 Å². The van der Waals surface area contributed by atoms with Crippen LogP contribution in [0.2, 0.25) is 10.0 Å². The van der Waals surface area contributed by atoms with E-state index in [0.29, 0.717) is 21.5 Å². The molecule has 0 spiro atoms. The molecular weight excluding hydrogens is 501 g/mol. The highest BCUT2D eigenvalue weighted by atomic mass is 35.5. The van der Waals surface area contributed by atoms with Crippen LogP contribution >= 0.6 is 23.2 Å². The Morgan fingerprint density at radius 3 is 2.46 bits per heavy atom. The lowest BCUT2D eigenvalue weighted by Gasteiger charge is -2.32. The van der Waals surface area contributed by atoms with Gasteiger partial charge in [-0.15, -0.1) is 0 Å². The fraction of sp³-hybridized carbons (Fsp3) is 0.194. The predicted octanol–water partition coefficient (Wildman–Crippen LogP) is 8.22. The third kappa shape index (κ3) is 4.68. The number of benzene rings is 3. The number of amides is 1. The van der Waals surface area contributed by atoms with Gasteiger partial charge in [-0.2, -0.15) is 5.10 Å². The Labute approximate surface area is 226 Å². The molecule has 0 bridgehead atoms. The van der Waals surface area contributed by atoms with Gasteiger partial charge in [0.25, 0.3) is 5.91 Å². The van der Waals surface area contributed by atoms with Crippen LogP contribution in [0, 0.1) is 11.8 Å². The Bertz CT molecular complexity index is 1540. The highest BCUT2D eigenvalue weighted by Crippen LogP contribution is 2.46. The fourth-order valence-electron chi connectivity index (χ4n) is 5.55. The van der Waals surface area contributed by atoms with Gasteiger partial charge >= 0.3 is 0 Å². The number of allylic oxidation sites excluding steroid dienone is 1. The number of pyridine rings is 1. The second-order valence-corrected chi connectivity index (χ2v) is 10.8. The van der Waals surface area contributed by atoms with Crippen molar-refractivity contribution in [3.63, 3.8) is 0 Å². The summed E-state index contributed by atoms with van der Waals surface area (Å²) in [6, 6.07) is 24.9. The Kier molecular flexibility index (Phi) is 6.31. The Morgan fingerprint density at radius 1 is 0.973 bits per heavy atom. The molecule has 3 aromatic carbocycles. The number of hydrogen-bond donors (Lipinski definition) is 0. The largest absolute Gasteiger partial charge is 0.274 e. The highest BCUT2D eigenvalue weighted by Gasteiger charge is 2.45. The molecule has 1 amide bonds. The van der Waals surface area contributed by atoms with Crippen molar-refractivity contribution in [1.29, 1.82) is 0 Å². The van der Waals surface area contributed by atoms with Gasteiger partial charge < -0.3 is 0 Å². The van der Waals surface area contributed by atoms with Crippen LogP contribution in [0.25, 0.3) is 17.0 Å². The topological polar surface area (TPSA) is 45.6 Å². The molecule has 6 heteroatoms. The minimum atomic E-state index is -0.208. The van der Waals surface area contributed by atoms with Crippen LogP contribution in [-0.2, 0) is 0 Å². The number of carbonyl (C=O) groups is 1. The third-order valence-electron chi connectivity index (χ3n) is 7.25. The van der Waals surface area contributed by atoms with Crippen molar-refractivity contribution in [2.24, 2.45) is 16.9 Å². The number of fused-ring (bicyclic) bond motifs is 2. The minimum Gasteiger partial charge on any atom is -0.267 e.